The molecule has 0 spiro atoms. The van der Waals surface area contributed by atoms with Gasteiger partial charge >= 0.3 is 0 Å². The van der Waals surface area contributed by atoms with E-state index in [1.165, 1.54) is 12.1 Å². The zero-order valence-electron chi connectivity index (χ0n) is 10.7. The van der Waals surface area contributed by atoms with Crippen LogP contribution in [-0.2, 0) is 11.3 Å². The van der Waals surface area contributed by atoms with Crippen molar-refractivity contribution in [2.75, 3.05) is 13.1 Å². The van der Waals surface area contributed by atoms with Gasteiger partial charge in [-0.2, -0.15) is 0 Å². The smallest absolute Gasteiger partial charge is 0.217 e. The van der Waals surface area contributed by atoms with E-state index in [-0.39, 0.29) is 11.7 Å². The lowest BCUT2D eigenvalue weighted by Crippen LogP contribution is -2.36. The van der Waals surface area contributed by atoms with Crippen LogP contribution < -0.4 is 5.73 Å². The number of nitrogens with zero attached hydrogens (tertiary/aromatic N) is 1. The Balaban J connectivity index is 1.98. The monoisotopic (exact) mass is 284 g/mol. The standard InChI is InChI=1S/C14H18ClFN2O/c15-13-4-3-12(16)7-11(13)9-18-5-1-2-10(8-18)6-14(17)19/h3-4,7,10H,1-2,5-6,8-9H2,(H2,17,19)/t10-/m1/s1. The Morgan fingerprint density at radius 2 is 2.32 bits per heavy atom. The zero-order chi connectivity index (χ0) is 13.8. The van der Waals surface area contributed by atoms with Crippen molar-refractivity contribution in [2.24, 2.45) is 11.7 Å². The van der Waals surface area contributed by atoms with Crippen LogP contribution in [0.5, 0.6) is 0 Å². The van der Waals surface area contributed by atoms with E-state index in [0.717, 1.165) is 31.5 Å². The molecular weight excluding hydrogens is 267 g/mol. The van der Waals surface area contributed by atoms with Crippen LogP contribution >= 0.6 is 11.6 Å². The SMILES string of the molecule is NC(=O)C[C@H]1CCCN(Cc2cc(F)ccc2Cl)C1. The van der Waals surface area contributed by atoms with E-state index in [9.17, 15) is 9.18 Å². The first kappa shape index (κ1) is 14.3. The number of rotatable bonds is 4. The van der Waals surface area contributed by atoms with Crippen LogP contribution in [0.1, 0.15) is 24.8 Å². The Morgan fingerprint density at radius 1 is 1.53 bits per heavy atom. The van der Waals surface area contributed by atoms with Crippen molar-refractivity contribution in [3.63, 3.8) is 0 Å². The fourth-order valence-electron chi connectivity index (χ4n) is 2.65. The maximum atomic E-state index is 13.2. The van der Waals surface area contributed by atoms with E-state index in [1.807, 2.05) is 0 Å². The number of likely N-dealkylation sites (tertiary alicyclic amines) is 1. The van der Waals surface area contributed by atoms with Gasteiger partial charge in [0.1, 0.15) is 5.82 Å². The van der Waals surface area contributed by atoms with E-state index in [1.54, 1.807) is 6.07 Å². The first-order chi connectivity index (χ1) is 9.04. The number of amides is 1. The van der Waals surface area contributed by atoms with Crippen molar-refractivity contribution >= 4 is 17.5 Å². The molecular formula is C14H18ClFN2O. The quantitative estimate of drug-likeness (QED) is 0.924. The van der Waals surface area contributed by atoms with Gasteiger partial charge in [-0.15, -0.1) is 0 Å². The highest BCUT2D eigenvalue weighted by Crippen LogP contribution is 2.24. The third-order valence-electron chi connectivity index (χ3n) is 3.49. The average Bonchev–Trinajstić information content (AvgIpc) is 2.33. The fourth-order valence-corrected chi connectivity index (χ4v) is 2.83. The molecule has 1 heterocycles. The summed E-state index contributed by atoms with van der Waals surface area (Å²) >= 11 is 6.07. The molecule has 1 aromatic rings. The van der Waals surface area contributed by atoms with Crippen LogP contribution in [0.3, 0.4) is 0 Å². The Labute approximate surface area is 117 Å². The van der Waals surface area contributed by atoms with E-state index >= 15 is 0 Å². The number of nitrogens with two attached hydrogens (primary N) is 1. The second-order valence-corrected chi connectivity index (χ2v) is 5.56. The topological polar surface area (TPSA) is 46.3 Å². The van der Waals surface area contributed by atoms with Crippen molar-refractivity contribution in [3.05, 3.63) is 34.6 Å². The van der Waals surface area contributed by atoms with Crippen molar-refractivity contribution in [2.45, 2.75) is 25.8 Å². The number of hydrogen-bond acceptors (Lipinski definition) is 2. The molecule has 0 bridgehead atoms. The minimum atomic E-state index is -0.273. The van der Waals surface area contributed by atoms with Gasteiger partial charge in [-0.05, 0) is 49.1 Å². The van der Waals surface area contributed by atoms with Crippen molar-refractivity contribution in [1.29, 1.82) is 0 Å². The molecule has 1 saturated heterocycles. The van der Waals surface area contributed by atoms with Gasteiger partial charge in [-0.3, -0.25) is 9.69 Å². The summed E-state index contributed by atoms with van der Waals surface area (Å²) in [6, 6.07) is 4.41. The fraction of sp³-hybridized carbons (Fsp3) is 0.500. The van der Waals surface area contributed by atoms with Crippen molar-refractivity contribution < 1.29 is 9.18 Å². The highest BCUT2D eigenvalue weighted by Gasteiger charge is 2.22. The Bertz CT molecular complexity index is 467. The van der Waals surface area contributed by atoms with Gasteiger partial charge in [0.15, 0.2) is 0 Å². The lowest BCUT2D eigenvalue weighted by Gasteiger charge is -2.32. The van der Waals surface area contributed by atoms with Crippen LogP contribution in [0.25, 0.3) is 0 Å². The van der Waals surface area contributed by atoms with Gasteiger partial charge < -0.3 is 5.73 Å². The minimum absolute atomic E-state index is 0.254. The van der Waals surface area contributed by atoms with Crippen LogP contribution in [0.4, 0.5) is 4.39 Å². The summed E-state index contributed by atoms with van der Waals surface area (Å²) in [5.41, 5.74) is 6.03. The number of halogens is 2. The largest absolute Gasteiger partial charge is 0.370 e. The van der Waals surface area contributed by atoms with Gasteiger partial charge in [0.2, 0.25) is 5.91 Å². The van der Waals surface area contributed by atoms with E-state index < -0.39 is 0 Å². The zero-order valence-corrected chi connectivity index (χ0v) is 11.5. The number of piperidine rings is 1. The predicted octanol–water partition coefficient (Wildman–Crippen LogP) is 2.57. The Kier molecular flexibility index (Phi) is 4.77. The second kappa shape index (κ2) is 6.35. The average molecular weight is 285 g/mol. The van der Waals surface area contributed by atoms with E-state index in [0.29, 0.717) is 23.9 Å². The number of hydrogen-bond donors (Lipinski definition) is 1. The number of carbonyl (C=O) groups excluding carboxylic acids is 1. The third kappa shape index (κ3) is 4.18. The van der Waals surface area contributed by atoms with E-state index in [4.69, 9.17) is 17.3 Å². The predicted molar refractivity (Wildman–Crippen MR) is 73.2 cm³/mol. The molecule has 0 radical (unpaired) electrons. The molecule has 104 valence electrons. The number of carbonyl (C=O) groups is 1. The molecule has 1 aliphatic rings. The highest BCUT2D eigenvalue weighted by molar-refractivity contribution is 6.31. The lowest BCUT2D eigenvalue weighted by molar-refractivity contribution is -0.119. The van der Waals surface area contributed by atoms with Gasteiger partial charge in [0.25, 0.3) is 0 Å². The second-order valence-electron chi connectivity index (χ2n) is 5.15. The summed E-state index contributed by atoms with van der Waals surface area (Å²) in [5, 5.41) is 0.582. The summed E-state index contributed by atoms with van der Waals surface area (Å²) in [4.78, 5) is 13.2. The molecule has 0 saturated carbocycles. The maximum Gasteiger partial charge on any atom is 0.217 e. The molecule has 1 aromatic carbocycles. The van der Waals surface area contributed by atoms with Crippen molar-refractivity contribution in [1.82, 2.24) is 4.90 Å². The van der Waals surface area contributed by atoms with Crippen molar-refractivity contribution in [3.8, 4) is 0 Å². The molecule has 1 aliphatic heterocycles. The van der Waals surface area contributed by atoms with Gasteiger partial charge in [-0.25, -0.2) is 4.39 Å². The molecule has 0 aromatic heterocycles. The molecule has 2 N–H and O–H groups in total. The molecule has 3 nitrogen and oxygen atoms in total. The van der Waals surface area contributed by atoms with Gasteiger partial charge in [0.05, 0.1) is 0 Å². The third-order valence-corrected chi connectivity index (χ3v) is 3.86. The Hall–Kier alpha value is -1.13. The molecule has 1 atom stereocenters. The Morgan fingerprint density at radius 3 is 3.05 bits per heavy atom. The molecule has 5 heteroatoms. The molecule has 0 aliphatic carbocycles. The molecule has 2 rings (SSSR count). The molecule has 1 fully saturated rings. The maximum absolute atomic E-state index is 13.2. The summed E-state index contributed by atoms with van der Waals surface area (Å²) < 4.78 is 13.2. The van der Waals surface area contributed by atoms with Crippen LogP contribution in [0, 0.1) is 11.7 Å². The lowest BCUT2D eigenvalue weighted by atomic mass is 9.94. The number of primary amides is 1. The minimum Gasteiger partial charge on any atom is -0.370 e. The molecule has 1 amide bonds. The first-order valence-corrected chi connectivity index (χ1v) is 6.87. The molecule has 0 unspecified atom stereocenters. The summed E-state index contributed by atoms with van der Waals surface area (Å²) in [5.74, 6) is -0.223. The summed E-state index contributed by atoms with van der Waals surface area (Å²) in [6.45, 7) is 2.38. The number of benzene rings is 1. The normalized spacial score (nSPS) is 20.4. The van der Waals surface area contributed by atoms with Gasteiger partial charge in [-0.1, -0.05) is 11.6 Å². The highest BCUT2D eigenvalue weighted by atomic mass is 35.5. The van der Waals surface area contributed by atoms with Crippen LogP contribution in [0.15, 0.2) is 18.2 Å². The van der Waals surface area contributed by atoms with Crippen LogP contribution in [-0.4, -0.2) is 23.9 Å². The molecule has 19 heavy (non-hydrogen) atoms. The van der Waals surface area contributed by atoms with Gasteiger partial charge in [0, 0.05) is 24.5 Å². The first-order valence-electron chi connectivity index (χ1n) is 6.49. The summed E-state index contributed by atoms with van der Waals surface area (Å²) in [6.07, 6.45) is 2.48. The van der Waals surface area contributed by atoms with Crippen LogP contribution in [0.2, 0.25) is 5.02 Å². The summed E-state index contributed by atoms with van der Waals surface area (Å²) in [7, 11) is 0. The van der Waals surface area contributed by atoms with E-state index in [2.05, 4.69) is 4.90 Å².